The second kappa shape index (κ2) is 20.1. The maximum Gasteiger partial charge on any atom is 0.403 e. The first-order valence-electron chi connectivity index (χ1n) is 24.7. The molecule has 7 heteroatoms. The van der Waals surface area contributed by atoms with Crippen LogP contribution in [0.5, 0.6) is 0 Å². The average Bonchev–Trinajstić information content (AvgIpc) is 3.22. The number of hydrogen-bond acceptors (Lipinski definition) is 5. The summed E-state index contributed by atoms with van der Waals surface area (Å²) in [7, 11) is -5.81. The number of benzene rings is 4. The van der Waals surface area contributed by atoms with Crippen molar-refractivity contribution < 1.29 is 4.12 Å². The molecule has 0 N–H and O–H groups in total. The molecule has 2 heterocycles. The molecule has 2 aliphatic heterocycles. The third kappa shape index (κ3) is 9.53. The van der Waals surface area contributed by atoms with Crippen molar-refractivity contribution in [3.63, 3.8) is 0 Å². The Bertz CT molecular complexity index is 2180. The lowest BCUT2D eigenvalue weighted by molar-refractivity contribution is 0.558. The SMILES string of the molecule is C=C1C=C(C)N(c2c(C(C)C)cccc2C(C)C)[Si@H](O[Si@@H]2N(c3c(C(C)C)cccc3C(C)C)C(=C)C=C(C)N2c2c(C(C)C)cccc2C(C)C)N1c1c(C(C)C)cccc1C(C)C. The number of allylic oxidation sites excluding steroid dienone is 4. The van der Waals surface area contributed by atoms with Crippen LogP contribution >= 0.6 is 0 Å². The van der Waals surface area contributed by atoms with Gasteiger partial charge in [-0.3, -0.25) is 0 Å². The third-order valence-electron chi connectivity index (χ3n) is 13.6. The van der Waals surface area contributed by atoms with E-state index in [9.17, 15) is 0 Å². The van der Waals surface area contributed by atoms with Gasteiger partial charge in [-0.05, 0) is 118 Å². The Morgan fingerprint density at radius 1 is 0.338 bits per heavy atom. The minimum absolute atomic E-state index is 0.281. The highest BCUT2D eigenvalue weighted by Gasteiger charge is 2.48. The Kier molecular flexibility index (Phi) is 15.4. The number of anilines is 4. The number of para-hydroxylation sites is 4. The van der Waals surface area contributed by atoms with Gasteiger partial charge in [0.1, 0.15) is 0 Å². The second-order valence-corrected chi connectivity index (χ2v) is 25.7. The molecule has 0 amide bonds. The largest absolute Gasteiger partial charge is 0.403 e. The second-order valence-electron chi connectivity index (χ2n) is 21.2. The van der Waals surface area contributed by atoms with E-state index < -0.39 is 18.7 Å². The molecule has 0 aromatic heterocycles. The van der Waals surface area contributed by atoms with Crippen molar-refractivity contribution in [2.24, 2.45) is 0 Å². The van der Waals surface area contributed by atoms with Crippen molar-refractivity contribution in [3.8, 4) is 0 Å². The maximum atomic E-state index is 8.74. The van der Waals surface area contributed by atoms with Crippen molar-refractivity contribution in [3.05, 3.63) is 165 Å². The highest BCUT2D eigenvalue weighted by atomic mass is 28.4. The highest BCUT2D eigenvalue weighted by Crippen LogP contribution is 2.48. The summed E-state index contributed by atoms with van der Waals surface area (Å²) in [6.45, 7) is 52.0. The molecule has 0 saturated carbocycles. The molecule has 0 aliphatic carbocycles. The summed E-state index contributed by atoms with van der Waals surface area (Å²) >= 11 is 0. The van der Waals surface area contributed by atoms with Crippen LogP contribution in [0.2, 0.25) is 0 Å². The number of rotatable bonds is 14. The van der Waals surface area contributed by atoms with Gasteiger partial charge >= 0.3 is 18.7 Å². The van der Waals surface area contributed by atoms with Gasteiger partial charge in [-0.25, -0.2) is 0 Å². The summed E-state index contributed by atoms with van der Waals surface area (Å²) in [5, 5.41) is 0. The maximum absolute atomic E-state index is 8.74. The molecule has 0 unspecified atom stereocenters. The van der Waals surface area contributed by atoms with Crippen molar-refractivity contribution in [1.82, 2.24) is 0 Å². The summed E-state index contributed by atoms with van der Waals surface area (Å²) in [5.41, 5.74) is 20.1. The number of hydrogen-bond donors (Lipinski definition) is 0. The van der Waals surface area contributed by atoms with E-state index in [0.717, 1.165) is 11.4 Å². The average molecular weight is 907 g/mol. The molecule has 0 fully saturated rings. The smallest absolute Gasteiger partial charge is 0.395 e. The van der Waals surface area contributed by atoms with E-state index in [1.807, 2.05) is 0 Å². The zero-order chi connectivity index (χ0) is 47.9. The first-order chi connectivity index (χ1) is 30.6. The lowest BCUT2D eigenvalue weighted by Gasteiger charge is -2.52. The van der Waals surface area contributed by atoms with Crippen molar-refractivity contribution in [2.75, 3.05) is 18.3 Å². The summed E-state index contributed by atoms with van der Waals surface area (Å²) in [5.74, 6) is 2.30. The van der Waals surface area contributed by atoms with E-state index in [-0.39, 0.29) is 23.7 Å². The molecular formula is C58H82N4OSi2. The molecule has 0 spiro atoms. The first kappa shape index (κ1) is 49.9. The molecule has 6 rings (SSSR count). The lowest BCUT2D eigenvalue weighted by atomic mass is 9.92. The minimum Gasteiger partial charge on any atom is -0.395 e. The summed E-state index contributed by atoms with van der Waals surface area (Å²) in [4.78, 5) is 0. The van der Waals surface area contributed by atoms with E-state index in [0.29, 0.717) is 23.7 Å². The first-order valence-corrected chi connectivity index (χ1v) is 27.7. The van der Waals surface area contributed by atoms with Crippen LogP contribution in [-0.4, -0.2) is 18.7 Å². The fraction of sp³-hybridized carbons (Fsp3) is 0.448. The Labute approximate surface area is 399 Å². The Morgan fingerprint density at radius 2 is 0.523 bits per heavy atom. The van der Waals surface area contributed by atoms with Crippen molar-refractivity contribution in [2.45, 2.75) is 172 Å². The Balaban J connectivity index is 1.83. The van der Waals surface area contributed by atoms with Gasteiger partial charge in [-0.1, -0.05) is 197 Å². The Morgan fingerprint density at radius 3 is 0.708 bits per heavy atom. The molecule has 0 radical (unpaired) electrons. The highest BCUT2D eigenvalue weighted by molar-refractivity contribution is 6.76. The standard InChI is InChI=1S/C58H82N4OSi2/c1-35(2)47-25-21-26-48(36(3)4)55(47)59-43(17)33-44(18)60(56-49(37(5)6)27-22-28-50(56)38(7)8)64(59)63-65-61(57-51(39(9)10)29-23-30-52(57)40(11)12)45(19)34-46(20)62(65)58-53(41(13)14)31-24-32-54(58)42(15)16/h21-42,64-65H,17,19H2,1-16,18,20H3/t64-,65-/m1/s1. The fourth-order valence-electron chi connectivity index (χ4n) is 10.2. The fourth-order valence-corrected chi connectivity index (χ4v) is 17.1. The Hall–Kier alpha value is -4.57. The summed E-state index contributed by atoms with van der Waals surface area (Å²) in [6.07, 6.45) is 4.65. The molecular weight excluding hydrogens is 825 g/mol. The van der Waals surface area contributed by atoms with E-state index in [4.69, 9.17) is 17.3 Å². The van der Waals surface area contributed by atoms with Gasteiger partial charge in [0.2, 0.25) is 0 Å². The van der Waals surface area contributed by atoms with Crippen LogP contribution in [0.3, 0.4) is 0 Å². The topological polar surface area (TPSA) is 22.2 Å². The molecule has 2 atom stereocenters. The molecule has 5 nitrogen and oxygen atoms in total. The molecule has 0 bridgehead atoms. The molecule has 0 saturated heterocycles. The van der Waals surface area contributed by atoms with Crippen LogP contribution in [0.4, 0.5) is 22.7 Å². The van der Waals surface area contributed by atoms with Gasteiger partial charge in [0.05, 0.1) is 0 Å². The zero-order valence-electron chi connectivity index (χ0n) is 43.5. The lowest BCUT2D eigenvalue weighted by Crippen LogP contribution is -2.66. The van der Waals surface area contributed by atoms with Crippen LogP contribution in [-0.2, 0) is 4.12 Å². The van der Waals surface area contributed by atoms with E-state index in [2.05, 4.69) is 228 Å². The third-order valence-corrected chi connectivity index (χ3v) is 19.8. The quantitative estimate of drug-likeness (QED) is 0.117. The van der Waals surface area contributed by atoms with Crippen LogP contribution < -0.4 is 18.3 Å². The van der Waals surface area contributed by atoms with Crippen LogP contribution in [0.15, 0.2) is 121 Å². The van der Waals surface area contributed by atoms with Crippen molar-refractivity contribution >= 4 is 41.5 Å². The van der Waals surface area contributed by atoms with Gasteiger partial charge in [0.15, 0.2) is 0 Å². The van der Waals surface area contributed by atoms with E-state index in [1.165, 1.54) is 78.7 Å². The molecule has 65 heavy (non-hydrogen) atoms. The predicted molar refractivity (Wildman–Crippen MR) is 290 cm³/mol. The predicted octanol–water partition coefficient (Wildman–Crippen LogP) is 16.3. The van der Waals surface area contributed by atoms with Gasteiger partial charge < -0.3 is 22.4 Å². The number of nitrogens with zero attached hydrogens (tertiary/aromatic N) is 4. The van der Waals surface area contributed by atoms with Gasteiger partial charge in [0.25, 0.3) is 0 Å². The molecule has 4 aromatic rings. The summed E-state index contributed by atoms with van der Waals surface area (Å²) < 4.78 is 19.4. The van der Waals surface area contributed by atoms with Crippen LogP contribution in [0.25, 0.3) is 0 Å². The van der Waals surface area contributed by atoms with Gasteiger partial charge in [-0.15, -0.1) is 0 Å². The molecule has 4 aromatic carbocycles. The monoisotopic (exact) mass is 907 g/mol. The van der Waals surface area contributed by atoms with E-state index >= 15 is 0 Å². The molecule has 2 aliphatic rings. The summed E-state index contributed by atoms with van der Waals surface area (Å²) in [6, 6.07) is 27.8. The molecule has 348 valence electrons. The van der Waals surface area contributed by atoms with Crippen molar-refractivity contribution in [1.29, 1.82) is 0 Å². The van der Waals surface area contributed by atoms with Gasteiger partial charge in [0, 0.05) is 45.5 Å². The zero-order valence-corrected chi connectivity index (χ0v) is 45.8. The van der Waals surface area contributed by atoms with Crippen LogP contribution in [0.1, 0.15) is 216 Å². The van der Waals surface area contributed by atoms with Crippen LogP contribution in [0, 0.1) is 0 Å². The minimum atomic E-state index is -2.91. The van der Waals surface area contributed by atoms with Gasteiger partial charge in [-0.2, -0.15) is 0 Å². The van der Waals surface area contributed by atoms with E-state index in [1.54, 1.807) is 0 Å². The normalized spacial score (nSPS) is 17.4.